The minimum atomic E-state index is 0.489. The maximum Gasteiger partial charge on any atom is 0.0916 e. The van der Waals surface area contributed by atoms with E-state index in [0.717, 1.165) is 6.42 Å². The van der Waals surface area contributed by atoms with Gasteiger partial charge in [0.1, 0.15) is 0 Å². The summed E-state index contributed by atoms with van der Waals surface area (Å²) in [5, 5.41) is 0. The number of benzene rings is 2. The molecule has 4 rings (SSSR count). The van der Waals surface area contributed by atoms with Gasteiger partial charge in [-0.2, -0.15) is 0 Å². The summed E-state index contributed by atoms with van der Waals surface area (Å²) in [5.41, 5.74) is 4.26. The molecule has 1 atom stereocenters. The van der Waals surface area contributed by atoms with Crippen LogP contribution in [0.2, 0.25) is 0 Å². The van der Waals surface area contributed by atoms with E-state index in [1.807, 2.05) is 0 Å². The van der Waals surface area contributed by atoms with Gasteiger partial charge in [0, 0.05) is 19.1 Å². The first-order valence-electron chi connectivity index (χ1n) is 11.6. The van der Waals surface area contributed by atoms with E-state index in [0.29, 0.717) is 6.04 Å². The SMILES string of the molecule is CC(C(=Cc1ccccc1)Cc1ccccc1)N1CC[N+]2(CCCCCC2)CC1. The van der Waals surface area contributed by atoms with Crippen molar-refractivity contribution in [1.29, 1.82) is 0 Å². The van der Waals surface area contributed by atoms with Crippen LogP contribution < -0.4 is 0 Å². The molecule has 2 aliphatic rings. The summed E-state index contributed by atoms with van der Waals surface area (Å²) < 4.78 is 1.39. The van der Waals surface area contributed by atoms with E-state index in [2.05, 4.69) is 78.6 Å². The summed E-state index contributed by atoms with van der Waals surface area (Å²) >= 11 is 0. The summed E-state index contributed by atoms with van der Waals surface area (Å²) in [6.45, 7) is 10.4. The largest absolute Gasteiger partial charge is 0.321 e. The van der Waals surface area contributed by atoms with Crippen LogP contribution in [0.15, 0.2) is 66.2 Å². The Kier molecular flexibility index (Phi) is 6.84. The molecule has 2 fully saturated rings. The molecule has 154 valence electrons. The van der Waals surface area contributed by atoms with Gasteiger partial charge in [0.25, 0.3) is 0 Å². The minimum absolute atomic E-state index is 0.489. The lowest BCUT2D eigenvalue weighted by Crippen LogP contribution is -2.61. The third-order valence-corrected chi connectivity index (χ3v) is 7.23. The van der Waals surface area contributed by atoms with Crippen molar-refractivity contribution in [1.82, 2.24) is 4.90 Å². The Balaban J connectivity index is 1.49. The lowest BCUT2D eigenvalue weighted by Gasteiger charge is -2.46. The van der Waals surface area contributed by atoms with Crippen molar-refractivity contribution in [2.24, 2.45) is 0 Å². The third-order valence-electron chi connectivity index (χ3n) is 7.23. The molecule has 0 aliphatic carbocycles. The number of nitrogens with zero attached hydrogens (tertiary/aromatic N) is 2. The van der Waals surface area contributed by atoms with Gasteiger partial charge >= 0.3 is 0 Å². The number of quaternary nitrogens is 1. The van der Waals surface area contributed by atoms with E-state index < -0.39 is 0 Å². The van der Waals surface area contributed by atoms with Gasteiger partial charge in [-0.3, -0.25) is 4.90 Å². The van der Waals surface area contributed by atoms with Crippen molar-refractivity contribution >= 4 is 6.08 Å². The van der Waals surface area contributed by atoms with E-state index in [-0.39, 0.29) is 0 Å². The fourth-order valence-corrected chi connectivity index (χ4v) is 5.25. The fourth-order valence-electron chi connectivity index (χ4n) is 5.25. The van der Waals surface area contributed by atoms with E-state index in [9.17, 15) is 0 Å². The second-order valence-corrected chi connectivity index (χ2v) is 9.15. The van der Waals surface area contributed by atoms with Crippen LogP contribution in [0.1, 0.15) is 43.7 Å². The number of hydrogen-bond acceptors (Lipinski definition) is 1. The van der Waals surface area contributed by atoms with Crippen LogP contribution in [0, 0.1) is 0 Å². The van der Waals surface area contributed by atoms with Gasteiger partial charge in [0.2, 0.25) is 0 Å². The van der Waals surface area contributed by atoms with Crippen LogP contribution in [-0.2, 0) is 6.42 Å². The minimum Gasteiger partial charge on any atom is -0.321 e. The monoisotopic (exact) mass is 389 g/mol. The van der Waals surface area contributed by atoms with Crippen molar-refractivity contribution in [2.45, 2.75) is 45.1 Å². The maximum absolute atomic E-state index is 2.74. The Morgan fingerprint density at radius 2 is 1.41 bits per heavy atom. The molecule has 2 heteroatoms. The van der Waals surface area contributed by atoms with Crippen LogP contribution in [-0.4, -0.2) is 54.7 Å². The lowest BCUT2D eigenvalue weighted by atomic mass is 9.95. The zero-order valence-electron chi connectivity index (χ0n) is 18.1. The highest BCUT2D eigenvalue weighted by Gasteiger charge is 2.35. The normalized spacial score (nSPS) is 21.6. The van der Waals surface area contributed by atoms with Gasteiger partial charge in [-0.15, -0.1) is 0 Å². The van der Waals surface area contributed by atoms with Crippen molar-refractivity contribution in [3.8, 4) is 0 Å². The highest BCUT2D eigenvalue weighted by molar-refractivity contribution is 5.55. The highest BCUT2D eigenvalue weighted by Crippen LogP contribution is 2.25. The molecule has 0 aromatic heterocycles. The lowest BCUT2D eigenvalue weighted by molar-refractivity contribution is -0.931. The van der Waals surface area contributed by atoms with E-state index >= 15 is 0 Å². The Morgan fingerprint density at radius 3 is 2.03 bits per heavy atom. The Hall–Kier alpha value is -1.90. The van der Waals surface area contributed by atoms with Crippen LogP contribution in [0.25, 0.3) is 6.08 Å². The molecular formula is C27H37N2+. The van der Waals surface area contributed by atoms with Gasteiger partial charge in [0.15, 0.2) is 0 Å². The summed E-state index contributed by atoms with van der Waals surface area (Å²) in [5.74, 6) is 0. The van der Waals surface area contributed by atoms with Crippen molar-refractivity contribution < 1.29 is 4.48 Å². The molecule has 2 aromatic carbocycles. The van der Waals surface area contributed by atoms with Gasteiger partial charge in [-0.25, -0.2) is 0 Å². The first kappa shape index (κ1) is 20.4. The summed E-state index contributed by atoms with van der Waals surface area (Å²) in [7, 11) is 0. The zero-order chi connectivity index (χ0) is 19.9. The van der Waals surface area contributed by atoms with E-state index in [1.54, 1.807) is 0 Å². The van der Waals surface area contributed by atoms with Crippen LogP contribution in [0.3, 0.4) is 0 Å². The van der Waals surface area contributed by atoms with Crippen LogP contribution in [0.4, 0.5) is 0 Å². The predicted molar refractivity (Wildman–Crippen MR) is 124 cm³/mol. The molecule has 2 nitrogen and oxygen atoms in total. The number of rotatable bonds is 5. The van der Waals surface area contributed by atoms with E-state index in [1.165, 1.54) is 86.1 Å². The molecule has 2 saturated heterocycles. The predicted octanol–water partition coefficient (Wildman–Crippen LogP) is 5.41. The molecule has 2 heterocycles. The maximum atomic E-state index is 2.74. The first-order chi connectivity index (χ1) is 14.2. The molecule has 0 bridgehead atoms. The average Bonchev–Trinajstić information content (AvgIpc) is 3.00. The van der Waals surface area contributed by atoms with Crippen LogP contribution >= 0.6 is 0 Å². The van der Waals surface area contributed by atoms with Gasteiger partial charge in [-0.1, -0.05) is 66.7 Å². The van der Waals surface area contributed by atoms with E-state index in [4.69, 9.17) is 0 Å². The zero-order valence-corrected chi connectivity index (χ0v) is 18.1. The summed E-state index contributed by atoms with van der Waals surface area (Å²) in [6, 6.07) is 22.3. The number of hydrogen-bond donors (Lipinski definition) is 0. The molecule has 0 radical (unpaired) electrons. The topological polar surface area (TPSA) is 3.24 Å². The summed E-state index contributed by atoms with van der Waals surface area (Å²) in [6.07, 6.45) is 9.23. The molecular weight excluding hydrogens is 352 g/mol. The average molecular weight is 390 g/mol. The van der Waals surface area contributed by atoms with Crippen LogP contribution in [0.5, 0.6) is 0 Å². The molecule has 2 aromatic rings. The molecule has 0 saturated carbocycles. The summed E-state index contributed by atoms with van der Waals surface area (Å²) in [4.78, 5) is 2.74. The third kappa shape index (κ3) is 5.38. The first-order valence-corrected chi connectivity index (χ1v) is 11.6. The molecule has 0 amide bonds. The smallest absolute Gasteiger partial charge is 0.0916 e. The fraction of sp³-hybridized carbons (Fsp3) is 0.481. The molecule has 1 unspecified atom stereocenters. The van der Waals surface area contributed by atoms with Gasteiger partial charge in [0.05, 0.1) is 26.2 Å². The quantitative estimate of drug-likeness (QED) is 0.618. The molecule has 29 heavy (non-hydrogen) atoms. The number of piperazine rings is 1. The van der Waals surface area contributed by atoms with Crippen molar-refractivity contribution in [2.75, 3.05) is 39.3 Å². The van der Waals surface area contributed by atoms with Crippen molar-refractivity contribution in [3.05, 3.63) is 77.4 Å². The van der Waals surface area contributed by atoms with Crippen molar-refractivity contribution in [3.63, 3.8) is 0 Å². The molecule has 0 N–H and O–H groups in total. The Labute approximate surface area is 177 Å². The van der Waals surface area contributed by atoms with Gasteiger partial charge < -0.3 is 4.48 Å². The molecule has 1 spiro atoms. The standard InChI is InChI=1S/C27H37N2/c1-24(28-16-20-29(21-17-28)18-10-2-3-11-19-29)27(22-25-12-6-4-7-13-25)23-26-14-8-5-9-15-26/h4-9,12-15,22,24H,2-3,10-11,16-21,23H2,1H3/q+1. The second kappa shape index (κ2) is 9.73. The van der Waals surface area contributed by atoms with Gasteiger partial charge in [-0.05, 0) is 55.7 Å². The second-order valence-electron chi connectivity index (χ2n) is 9.15. The Morgan fingerprint density at radius 1 is 0.828 bits per heavy atom. The Bertz CT molecular complexity index is 763. The molecule has 2 aliphatic heterocycles. The highest BCUT2D eigenvalue weighted by atomic mass is 15.4.